The highest BCUT2D eigenvalue weighted by atomic mass is 16.5. The summed E-state index contributed by atoms with van der Waals surface area (Å²) in [6.45, 7) is 7.27. The molecule has 2 rings (SSSR count). The van der Waals surface area contributed by atoms with Crippen molar-refractivity contribution in [1.82, 2.24) is 15.5 Å². The average molecular weight is 245 g/mol. The van der Waals surface area contributed by atoms with Gasteiger partial charge in [-0.25, -0.2) is 0 Å². The summed E-state index contributed by atoms with van der Waals surface area (Å²) in [5.74, 6) is 0.677. The van der Waals surface area contributed by atoms with Gasteiger partial charge in [0.1, 0.15) is 0 Å². The summed E-state index contributed by atoms with van der Waals surface area (Å²) < 4.78 is 4.96. The Kier molecular flexibility index (Phi) is 4.10. The lowest BCUT2D eigenvalue weighted by Crippen LogP contribution is -2.22. The third-order valence-corrected chi connectivity index (χ3v) is 3.10. The van der Waals surface area contributed by atoms with Crippen LogP contribution < -0.4 is 5.32 Å². The molecular weight excluding hydrogens is 226 g/mol. The molecule has 0 aliphatic carbocycles. The normalized spacial score (nSPS) is 12.6. The van der Waals surface area contributed by atoms with Crippen molar-refractivity contribution in [3.05, 3.63) is 47.1 Å². The van der Waals surface area contributed by atoms with Gasteiger partial charge in [-0.1, -0.05) is 28.9 Å². The van der Waals surface area contributed by atoms with E-state index >= 15 is 0 Å². The number of aryl methyl sites for hydroxylation is 2. The monoisotopic (exact) mass is 245 g/mol. The van der Waals surface area contributed by atoms with Gasteiger partial charge in [-0.3, -0.25) is 0 Å². The highest BCUT2D eigenvalue weighted by Gasteiger charge is 2.08. The van der Waals surface area contributed by atoms with E-state index in [1.54, 1.807) is 0 Å². The Balaban J connectivity index is 1.91. The second kappa shape index (κ2) is 5.78. The first-order valence-corrected chi connectivity index (χ1v) is 6.23. The lowest BCUT2D eigenvalue weighted by atomic mass is 10.00. The molecule has 18 heavy (non-hydrogen) atoms. The molecule has 0 saturated carbocycles. The summed E-state index contributed by atoms with van der Waals surface area (Å²) in [6, 6.07) is 6.87. The predicted molar refractivity (Wildman–Crippen MR) is 70.3 cm³/mol. The second-order valence-electron chi connectivity index (χ2n) is 4.62. The van der Waals surface area contributed by atoms with Crippen LogP contribution in [-0.2, 0) is 6.42 Å². The Morgan fingerprint density at radius 1 is 1.33 bits per heavy atom. The van der Waals surface area contributed by atoms with Crippen LogP contribution in [0.5, 0.6) is 0 Å². The van der Waals surface area contributed by atoms with Crippen molar-refractivity contribution < 1.29 is 4.52 Å². The van der Waals surface area contributed by atoms with Gasteiger partial charge in [0.05, 0.1) is 0 Å². The number of nitrogens with one attached hydrogen (secondary N) is 1. The number of hydrogen-bond acceptors (Lipinski definition) is 4. The van der Waals surface area contributed by atoms with Gasteiger partial charge in [0, 0.05) is 19.0 Å². The molecule has 1 atom stereocenters. The fourth-order valence-electron chi connectivity index (χ4n) is 2.04. The number of rotatable bonds is 5. The van der Waals surface area contributed by atoms with E-state index in [9.17, 15) is 0 Å². The average Bonchev–Trinajstić information content (AvgIpc) is 2.85. The number of hydrogen-bond donors (Lipinski definition) is 1. The lowest BCUT2D eigenvalue weighted by Gasteiger charge is -2.16. The summed E-state index contributed by atoms with van der Waals surface area (Å²) >= 11 is 0. The first-order valence-electron chi connectivity index (χ1n) is 6.23. The molecule has 0 radical (unpaired) electrons. The van der Waals surface area contributed by atoms with Gasteiger partial charge in [0.25, 0.3) is 0 Å². The molecule has 0 spiro atoms. The van der Waals surface area contributed by atoms with Crippen molar-refractivity contribution in [2.75, 3.05) is 6.54 Å². The Morgan fingerprint density at radius 3 is 2.89 bits per heavy atom. The number of aromatic nitrogens is 2. The Labute approximate surface area is 107 Å². The molecule has 1 aromatic heterocycles. The van der Waals surface area contributed by atoms with Crippen molar-refractivity contribution in [2.24, 2.45) is 0 Å². The molecule has 0 saturated heterocycles. The fraction of sp³-hybridized carbons (Fsp3) is 0.429. The Bertz CT molecular complexity index is 494. The molecule has 96 valence electrons. The van der Waals surface area contributed by atoms with Crippen LogP contribution >= 0.6 is 0 Å². The predicted octanol–water partition coefficient (Wildman–Crippen LogP) is 2.58. The van der Waals surface area contributed by atoms with Crippen molar-refractivity contribution in [2.45, 2.75) is 33.2 Å². The number of benzene rings is 1. The smallest absolute Gasteiger partial charge is 0.227 e. The standard InChI is InChI=1S/C14H19N3O/c1-10-4-5-11(2)13(8-10)12(3)15-7-6-14-16-9-17-18-14/h4-5,8-9,12,15H,6-7H2,1-3H3. The van der Waals surface area contributed by atoms with Gasteiger partial charge in [-0.2, -0.15) is 4.98 Å². The van der Waals surface area contributed by atoms with Crippen LogP contribution in [0.15, 0.2) is 29.0 Å². The molecule has 0 aliphatic heterocycles. The summed E-state index contributed by atoms with van der Waals surface area (Å²) in [6.07, 6.45) is 2.19. The topological polar surface area (TPSA) is 51.0 Å². The van der Waals surface area contributed by atoms with Gasteiger partial charge in [0.2, 0.25) is 5.89 Å². The van der Waals surface area contributed by atoms with E-state index in [4.69, 9.17) is 4.52 Å². The Hall–Kier alpha value is -1.68. The highest BCUT2D eigenvalue weighted by molar-refractivity contribution is 5.32. The molecule has 2 aromatic rings. The molecule has 0 fully saturated rings. The van der Waals surface area contributed by atoms with Gasteiger partial charge in [-0.05, 0) is 31.9 Å². The van der Waals surface area contributed by atoms with Gasteiger partial charge >= 0.3 is 0 Å². The minimum Gasteiger partial charge on any atom is -0.340 e. The zero-order valence-electron chi connectivity index (χ0n) is 11.1. The summed E-state index contributed by atoms with van der Waals surface area (Å²) in [7, 11) is 0. The molecule has 0 aliphatic rings. The molecular formula is C14H19N3O. The quantitative estimate of drug-likeness (QED) is 0.879. The van der Waals surface area contributed by atoms with Crippen molar-refractivity contribution in [3.63, 3.8) is 0 Å². The van der Waals surface area contributed by atoms with E-state index in [0.29, 0.717) is 11.9 Å². The lowest BCUT2D eigenvalue weighted by molar-refractivity contribution is 0.372. The largest absolute Gasteiger partial charge is 0.340 e. The molecule has 1 aromatic carbocycles. The van der Waals surface area contributed by atoms with E-state index < -0.39 is 0 Å². The first kappa shape index (κ1) is 12.8. The molecule has 4 heteroatoms. The van der Waals surface area contributed by atoms with Crippen molar-refractivity contribution in [1.29, 1.82) is 0 Å². The van der Waals surface area contributed by atoms with Crippen LogP contribution in [0.2, 0.25) is 0 Å². The van der Waals surface area contributed by atoms with Crippen LogP contribution in [0.25, 0.3) is 0 Å². The molecule has 4 nitrogen and oxygen atoms in total. The first-order chi connectivity index (χ1) is 8.66. The zero-order chi connectivity index (χ0) is 13.0. The van der Waals surface area contributed by atoms with Gasteiger partial charge in [0.15, 0.2) is 6.33 Å². The molecule has 1 N–H and O–H groups in total. The minimum absolute atomic E-state index is 0.327. The molecule has 0 bridgehead atoms. The molecule has 1 unspecified atom stereocenters. The van der Waals surface area contributed by atoms with Gasteiger partial charge < -0.3 is 9.84 Å². The highest BCUT2D eigenvalue weighted by Crippen LogP contribution is 2.18. The van der Waals surface area contributed by atoms with Crippen LogP contribution in [0, 0.1) is 13.8 Å². The minimum atomic E-state index is 0.327. The summed E-state index contributed by atoms with van der Waals surface area (Å²) in [4.78, 5) is 4.00. The zero-order valence-corrected chi connectivity index (χ0v) is 11.1. The van der Waals surface area contributed by atoms with E-state index in [-0.39, 0.29) is 0 Å². The van der Waals surface area contributed by atoms with Gasteiger partial charge in [-0.15, -0.1) is 0 Å². The maximum absolute atomic E-state index is 4.96. The molecule has 0 amide bonds. The third kappa shape index (κ3) is 3.17. The third-order valence-electron chi connectivity index (χ3n) is 3.10. The van der Waals surface area contributed by atoms with E-state index in [1.807, 2.05) is 0 Å². The Morgan fingerprint density at radius 2 is 2.17 bits per heavy atom. The van der Waals surface area contributed by atoms with Crippen molar-refractivity contribution >= 4 is 0 Å². The SMILES string of the molecule is Cc1ccc(C)c(C(C)NCCc2ncno2)c1. The van der Waals surface area contributed by atoms with Crippen LogP contribution in [0.1, 0.15) is 35.5 Å². The van der Waals surface area contributed by atoms with E-state index in [2.05, 4.69) is 54.4 Å². The second-order valence-corrected chi connectivity index (χ2v) is 4.62. The van der Waals surface area contributed by atoms with Crippen LogP contribution in [0.3, 0.4) is 0 Å². The van der Waals surface area contributed by atoms with E-state index in [1.165, 1.54) is 23.0 Å². The van der Waals surface area contributed by atoms with Crippen LogP contribution in [-0.4, -0.2) is 16.7 Å². The maximum Gasteiger partial charge on any atom is 0.227 e. The van der Waals surface area contributed by atoms with E-state index in [0.717, 1.165) is 13.0 Å². The van der Waals surface area contributed by atoms with Crippen LogP contribution in [0.4, 0.5) is 0 Å². The maximum atomic E-state index is 4.96. The summed E-state index contributed by atoms with van der Waals surface area (Å²) in [5.41, 5.74) is 3.96. The van der Waals surface area contributed by atoms with Crippen molar-refractivity contribution in [3.8, 4) is 0 Å². The molecule has 1 heterocycles. The summed E-state index contributed by atoms with van der Waals surface area (Å²) in [5, 5.41) is 7.07. The number of nitrogens with zero attached hydrogens (tertiary/aromatic N) is 2. The fourth-order valence-corrected chi connectivity index (χ4v) is 2.04.